The van der Waals surface area contributed by atoms with Crippen molar-refractivity contribution in [2.45, 2.75) is 117 Å². The first-order valence-electron chi connectivity index (χ1n) is 12.8. The lowest BCUT2D eigenvalue weighted by atomic mass is 10.1. The van der Waals surface area contributed by atoms with Gasteiger partial charge in [0.2, 0.25) is 5.91 Å². The molecule has 0 aliphatic rings. The molecule has 7 nitrogen and oxygen atoms in total. The Morgan fingerprint density at radius 3 is 1.58 bits per heavy atom. The Labute approximate surface area is 205 Å². The SMILES string of the molecule is CCCCCCCC/C=C\CCCCCCCC(N)=O.CCCN(C)C.CCOS(=O)(=O)O. The molecule has 0 aromatic carbocycles. The topological polar surface area (TPSA) is 110 Å². The minimum atomic E-state index is -4.17. The lowest BCUT2D eigenvalue weighted by Gasteiger charge is -2.03. The summed E-state index contributed by atoms with van der Waals surface area (Å²) in [5.74, 6) is -0.164. The molecule has 200 valence electrons. The van der Waals surface area contributed by atoms with Gasteiger partial charge < -0.3 is 10.6 Å². The summed E-state index contributed by atoms with van der Waals surface area (Å²) in [5, 5.41) is 0. The fourth-order valence-corrected chi connectivity index (χ4v) is 3.26. The highest BCUT2D eigenvalue weighted by Gasteiger charge is 1.98. The van der Waals surface area contributed by atoms with Gasteiger partial charge >= 0.3 is 10.4 Å². The van der Waals surface area contributed by atoms with Crippen LogP contribution in [0.15, 0.2) is 12.2 Å². The molecule has 0 rings (SSSR count). The van der Waals surface area contributed by atoms with Gasteiger partial charge in [-0.15, -0.1) is 0 Å². The highest BCUT2D eigenvalue weighted by atomic mass is 32.3. The normalized spacial score (nSPS) is 11.1. The molecule has 8 heteroatoms. The van der Waals surface area contributed by atoms with E-state index in [1.54, 1.807) is 0 Å². The molecular weight excluding hydrogens is 440 g/mol. The highest BCUT2D eigenvalue weighted by molar-refractivity contribution is 7.80. The molecule has 0 atom stereocenters. The number of hydrogen-bond acceptors (Lipinski definition) is 5. The Morgan fingerprint density at radius 1 is 0.818 bits per heavy atom. The van der Waals surface area contributed by atoms with E-state index in [2.05, 4.69) is 49.2 Å². The molecule has 3 N–H and O–H groups in total. The highest BCUT2D eigenvalue weighted by Crippen LogP contribution is 2.09. The van der Waals surface area contributed by atoms with Crippen LogP contribution in [0.3, 0.4) is 0 Å². The Bertz CT molecular complexity index is 523. The van der Waals surface area contributed by atoms with Crippen molar-refractivity contribution in [3.8, 4) is 0 Å². The third kappa shape index (κ3) is 49.3. The van der Waals surface area contributed by atoms with Gasteiger partial charge in [0.05, 0.1) is 6.61 Å². The maximum atomic E-state index is 10.5. The Morgan fingerprint density at radius 2 is 1.27 bits per heavy atom. The first-order valence-corrected chi connectivity index (χ1v) is 14.2. The van der Waals surface area contributed by atoms with Crippen molar-refractivity contribution in [2.75, 3.05) is 27.2 Å². The Kier molecular flexibility index (Phi) is 32.2. The van der Waals surface area contributed by atoms with Crippen molar-refractivity contribution in [3.05, 3.63) is 12.2 Å². The molecule has 0 radical (unpaired) electrons. The summed E-state index contributed by atoms with van der Waals surface area (Å²) in [6.07, 6.45) is 23.2. The Hall–Kier alpha value is -0.960. The third-order valence-corrected chi connectivity index (χ3v) is 5.16. The van der Waals surface area contributed by atoms with Crippen LogP contribution in [-0.2, 0) is 19.4 Å². The van der Waals surface area contributed by atoms with E-state index in [0.29, 0.717) is 6.42 Å². The van der Waals surface area contributed by atoms with Gasteiger partial charge in [-0.1, -0.05) is 77.4 Å². The molecule has 1 amide bonds. The fraction of sp³-hybridized carbons (Fsp3) is 0.880. The molecule has 0 unspecified atom stereocenters. The van der Waals surface area contributed by atoms with E-state index >= 15 is 0 Å². The molecule has 33 heavy (non-hydrogen) atoms. The van der Waals surface area contributed by atoms with Gasteiger partial charge in [-0.2, -0.15) is 8.42 Å². The molecule has 0 bridgehead atoms. The second kappa shape index (κ2) is 29.1. The van der Waals surface area contributed by atoms with Crippen LogP contribution in [-0.4, -0.2) is 51.0 Å². The molecule has 0 spiro atoms. The number of rotatable bonds is 19. The monoisotopic (exact) mass is 494 g/mol. The Balaban J connectivity index is -0.000000563. The van der Waals surface area contributed by atoms with E-state index in [1.165, 1.54) is 90.5 Å². The minimum Gasteiger partial charge on any atom is -0.370 e. The van der Waals surface area contributed by atoms with Gasteiger partial charge in [-0.05, 0) is 66.1 Å². The van der Waals surface area contributed by atoms with E-state index < -0.39 is 10.4 Å². The zero-order valence-electron chi connectivity index (χ0n) is 22.2. The maximum absolute atomic E-state index is 10.5. The minimum absolute atomic E-state index is 0.0289. The van der Waals surface area contributed by atoms with Crippen LogP contribution in [0.4, 0.5) is 0 Å². The first-order chi connectivity index (χ1) is 15.6. The second-order valence-corrected chi connectivity index (χ2v) is 9.53. The smallest absolute Gasteiger partial charge is 0.370 e. The molecular formula is C25H54N2O5S. The summed E-state index contributed by atoms with van der Waals surface area (Å²) in [6.45, 7) is 7.09. The summed E-state index contributed by atoms with van der Waals surface area (Å²) in [5.41, 5.74) is 5.10. The van der Waals surface area contributed by atoms with Crippen molar-refractivity contribution in [1.82, 2.24) is 4.90 Å². The summed E-state index contributed by atoms with van der Waals surface area (Å²) in [6, 6.07) is 0. The van der Waals surface area contributed by atoms with Gasteiger partial charge in [-0.3, -0.25) is 9.35 Å². The third-order valence-electron chi connectivity index (χ3n) is 4.62. The summed E-state index contributed by atoms with van der Waals surface area (Å²) < 4.78 is 30.7. The van der Waals surface area contributed by atoms with Crippen LogP contribution in [0.25, 0.3) is 0 Å². The maximum Gasteiger partial charge on any atom is 0.397 e. The lowest BCUT2D eigenvalue weighted by molar-refractivity contribution is -0.118. The van der Waals surface area contributed by atoms with E-state index in [0.717, 1.165) is 12.8 Å². The number of allylic oxidation sites excluding steroid dienone is 2. The fourth-order valence-electron chi connectivity index (χ4n) is 2.97. The molecule has 0 aromatic heterocycles. The predicted molar refractivity (Wildman–Crippen MR) is 141 cm³/mol. The molecule has 0 fully saturated rings. The van der Waals surface area contributed by atoms with E-state index in [1.807, 2.05) is 0 Å². The van der Waals surface area contributed by atoms with E-state index in [-0.39, 0.29) is 12.5 Å². The number of amides is 1. The van der Waals surface area contributed by atoms with Crippen molar-refractivity contribution in [1.29, 1.82) is 0 Å². The molecule has 0 aliphatic heterocycles. The number of nitrogens with zero attached hydrogens (tertiary/aromatic N) is 1. The number of unbranched alkanes of at least 4 members (excludes halogenated alkanes) is 11. The number of primary amides is 1. The van der Waals surface area contributed by atoms with Crippen LogP contribution in [0.1, 0.15) is 117 Å². The van der Waals surface area contributed by atoms with E-state index in [4.69, 9.17) is 10.3 Å². The van der Waals surface area contributed by atoms with Crippen LogP contribution in [0.2, 0.25) is 0 Å². The number of hydrogen-bond donors (Lipinski definition) is 2. The van der Waals surface area contributed by atoms with Gasteiger partial charge in [-0.25, -0.2) is 4.18 Å². The van der Waals surface area contributed by atoms with Crippen molar-refractivity contribution < 1.29 is 21.9 Å². The number of nitrogens with two attached hydrogens (primary N) is 1. The molecule has 0 heterocycles. The van der Waals surface area contributed by atoms with Gasteiger partial charge in [0.1, 0.15) is 0 Å². The molecule has 0 saturated heterocycles. The van der Waals surface area contributed by atoms with E-state index in [9.17, 15) is 13.2 Å². The standard InChI is InChI=1S/C18H35NO.C5H13N.C2H6O4S/c1-2-3-4-5-6-7-8-9-10-11-12-13-14-15-16-17-18(19)20;1-4-5-6(2)3;1-2-6-7(3,4)5/h9-10H,2-8,11-17H2,1H3,(H2,19,20);4-5H2,1-3H3;2H2,1H3,(H,3,4,5)/b10-9-;;. The first kappa shape index (κ1) is 36.6. The van der Waals surface area contributed by atoms with Crippen LogP contribution in [0.5, 0.6) is 0 Å². The largest absolute Gasteiger partial charge is 0.397 e. The second-order valence-electron chi connectivity index (χ2n) is 8.44. The number of carbonyl (C=O) groups excluding carboxylic acids is 1. The predicted octanol–water partition coefficient (Wildman–Crippen LogP) is 6.29. The average Bonchev–Trinajstić information content (AvgIpc) is 2.70. The molecule has 0 aromatic rings. The van der Waals surface area contributed by atoms with Gasteiger partial charge in [0.25, 0.3) is 0 Å². The number of carbonyl (C=O) groups is 1. The lowest BCUT2D eigenvalue weighted by Crippen LogP contribution is -2.11. The van der Waals surface area contributed by atoms with Gasteiger partial charge in [0, 0.05) is 6.42 Å². The zero-order valence-corrected chi connectivity index (χ0v) is 23.0. The van der Waals surface area contributed by atoms with Gasteiger partial charge in [0.15, 0.2) is 0 Å². The zero-order chi connectivity index (χ0) is 25.8. The van der Waals surface area contributed by atoms with Crippen LogP contribution >= 0.6 is 0 Å². The van der Waals surface area contributed by atoms with Crippen LogP contribution < -0.4 is 5.73 Å². The summed E-state index contributed by atoms with van der Waals surface area (Å²) in [7, 11) is -0.000579. The van der Waals surface area contributed by atoms with Crippen molar-refractivity contribution in [3.63, 3.8) is 0 Å². The van der Waals surface area contributed by atoms with Crippen molar-refractivity contribution >= 4 is 16.3 Å². The average molecular weight is 495 g/mol. The molecule has 0 saturated carbocycles. The van der Waals surface area contributed by atoms with Crippen LogP contribution in [0, 0.1) is 0 Å². The summed E-state index contributed by atoms with van der Waals surface area (Å²) in [4.78, 5) is 12.7. The van der Waals surface area contributed by atoms with Crippen molar-refractivity contribution in [2.24, 2.45) is 5.73 Å². The molecule has 0 aliphatic carbocycles. The quantitative estimate of drug-likeness (QED) is 0.124. The summed E-state index contributed by atoms with van der Waals surface area (Å²) >= 11 is 0.